The average Bonchev–Trinajstić information content (AvgIpc) is 3.09. The molecule has 0 saturated heterocycles. The van der Waals surface area contributed by atoms with E-state index in [2.05, 4.69) is 16.1 Å². The maximum atomic E-state index is 12.0. The summed E-state index contributed by atoms with van der Waals surface area (Å²) in [7, 11) is -3.47. The second-order valence-electron chi connectivity index (χ2n) is 6.84. The van der Waals surface area contributed by atoms with Gasteiger partial charge in [-0.1, -0.05) is 77.6 Å². The lowest BCUT2D eigenvalue weighted by atomic mass is 10.1. The summed E-state index contributed by atoms with van der Waals surface area (Å²) >= 11 is 0. The Kier molecular flexibility index (Phi) is 15.2. The number of alkyl halides is 3. The van der Waals surface area contributed by atoms with Crippen LogP contribution in [-0.4, -0.2) is 30.1 Å². The number of halogens is 3. The van der Waals surface area contributed by atoms with Crippen LogP contribution in [0.2, 0.25) is 0 Å². The van der Waals surface area contributed by atoms with Crippen LogP contribution in [0.4, 0.5) is 13.2 Å². The first-order valence-electron chi connectivity index (χ1n) is 10.1. The van der Waals surface area contributed by atoms with Gasteiger partial charge in [0.15, 0.2) is 0 Å². The summed E-state index contributed by atoms with van der Waals surface area (Å²) in [6.07, 6.45) is 18.4. The van der Waals surface area contributed by atoms with Crippen molar-refractivity contribution in [3.05, 3.63) is 18.7 Å². The lowest BCUT2D eigenvalue weighted by Gasteiger charge is -2.08. The van der Waals surface area contributed by atoms with Crippen LogP contribution in [0.1, 0.15) is 84.0 Å². The van der Waals surface area contributed by atoms with Crippen LogP contribution in [0, 0.1) is 0 Å². The Hall–Kier alpha value is -1.09. The number of rotatable bonds is 14. The highest BCUT2D eigenvalue weighted by Crippen LogP contribution is 2.24. The van der Waals surface area contributed by atoms with E-state index in [0.717, 1.165) is 19.3 Å². The van der Waals surface area contributed by atoms with Crippen LogP contribution in [0.25, 0.3) is 0 Å². The minimum Gasteiger partial charge on any atom is -0.341 e. The van der Waals surface area contributed by atoms with Gasteiger partial charge in [0.25, 0.3) is 0 Å². The highest BCUT2D eigenvalue weighted by molar-refractivity contribution is 7.87. The van der Waals surface area contributed by atoms with Crippen molar-refractivity contribution >= 4 is 10.1 Å². The van der Waals surface area contributed by atoms with Crippen molar-refractivity contribution in [2.45, 2.75) is 89.5 Å². The van der Waals surface area contributed by atoms with Gasteiger partial charge in [0, 0.05) is 19.4 Å². The molecule has 1 rings (SSSR count). The normalized spacial score (nSPS) is 11.9. The fourth-order valence-corrected chi connectivity index (χ4v) is 2.98. The molecule has 166 valence electrons. The molecule has 0 bridgehead atoms. The van der Waals surface area contributed by atoms with E-state index >= 15 is 0 Å². The molecule has 0 aliphatic carbocycles. The van der Waals surface area contributed by atoms with E-state index in [0.29, 0.717) is 12.8 Å². The third-order valence-corrected chi connectivity index (χ3v) is 5.20. The molecule has 0 N–H and O–H groups in total. The Bertz CT molecular complexity index is 561. The lowest BCUT2D eigenvalue weighted by molar-refractivity contribution is -0.0542. The summed E-state index contributed by atoms with van der Waals surface area (Å²) < 4.78 is 62.9. The predicted octanol–water partition coefficient (Wildman–Crippen LogP) is 5.97. The third kappa shape index (κ3) is 14.9. The Morgan fingerprint density at radius 1 is 0.893 bits per heavy atom. The van der Waals surface area contributed by atoms with Gasteiger partial charge in [0.05, 0.1) is 12.9 Å². The zero-order valence-electron chi connectivity index (χ0n) is 17.1. The summed E-state index contributed by atoms with van der Waals surface area (Å²) in [6, 6.07) is 0. The molecule has 0 fully saturated rings. The molecule has 5 nitrogen and oxygen atoms in total. The van der Waals surface area contributed by atoms with Crippen molar-refractivity contribution in [2.75, 3.05) is 6.61 Å². The maximum absolute atomic E-state index is 12.0. The first-order chi connectivity index (χ1) is 13.2. The van der Waals surface area contributed by atoms with Crippen molar-refractivity contribution in [3.63, 3.8) is 0 Å². The van der Waals surface area contributed by atoms with Crippen LogP contribution in [0.5, 0.6) is 0 Å². The van der Waals surface area contributed by atoms with Crippen molar-refractivity contribution in [1.29, 1.82) is 0 Å². The quantitative estimate of drug-likeness (QED) is 0.208. The summed E-state index contributed by atoms with van der Waals surface area (Å²) in [4.78, 5) is 3.78. The Morgan fingerprint density at radius 3 is 1.68 bits per heavy atom. The Morgan fingerprint density at radius 2 is 1.36 bits per heavy atom. The van der Waals surface area contributed by atoms with Crippen LogP contribution < -0.4 is 0 Å². The van der Waals surface area contributed by atoms with E-state index in [4.69, 9.17) is 0 Å². The van der Waals surface area contributed by atoms with Gasteiger partial charge in [-0.05, 0) is 6.42 Å². The van der Waals surface area contributed by atoms with Crippen molar-refractivity contribution in [2.24, 2.45) is 7.05 Å². The van der Waals surface area contributed by atoms with Gasteiger partial charge >= 0.3 is 15.6 Å². The van der Waals surface area contributed by atoms with E-state index in [1.54, 1.807) is 12.5 Å². The van der Waals surface area contributed by atoms with E-state index < -0.39 is 15.6 Å². The van der Waals surface area contributed by atoms with Gasteiger partial charge in [-0.25, -0.2) is 4.98 Å². The van der Waals surface area contributed by atoms with Crippen LogP contribution in [-0.2, 0) is 21.3 Å². The number of nitrogens with zero attached hydrogens (tertiary/aromatic N) is 2. The number of imidazole rings is 1. The minimum absolute atomic E-state index is 0.340. The summed E-state index contributed by atoms with van der Waals surface area (Å²) in [6.45, 7) is 1.81. The minimum atomic E-state index is -5.41. The molecule has 0 aliphatic rings. The van der Waals surface area contributed by atoms with E-state index in [1.165, 1.54) is 44.9 Å². The number of hydrogen-bond acceptors (Lipinski definition) is 4. The van der Waals surface area contributed by atoms with Crippen LogP contribution >= 0.6 is 0 Å². The average molecular weight is 429 g/mol. The monoisotopic (exact) mass is 428 g/mol. The van der Waals surface area contributed by atoms with E-state index in [1.807, 2.05) is 17.8 Å². The molecule has 0 atom stereocenters. The summed E-state index contributed by atoms with van der Waals surface area (Å²) in [5.41, 5.74) is -5.32. The molecule has 1 aromatic rings. The van der Waals surface area contributed by atoms with Gasteiger partial charge in [-0.15, -0.1) is 0 Å². The van der Waals surface area contributed by atoms with Crippen LogP contribution in [0.3, 0.4) is 0 Å². The van der Waals surface area contributed by atoms with Crippen LogP contribution in [0.15, 0.2) is 18.7 Å². The summed E-state index contributed by atoms with van der Waals surface area (Å²) in [5, 5.41) is 0. The third-order valence-electron chi connectivity index (χ3n) is 4.16. The second kappa shape index (κ2) is 15.8. The van der Waals surface area contributed by atoms with Gasteiger partial charge in [0.1, 0.15) is 0 Å². The molecule has 0 amide bonds. The molecule has 0 aromatic carbocycles. The lowest BCUT2D eigenvalue weighted by Crippen LogP contribution is -2.25. The molecular weight excluding hydrogens is 393 g/mol. The zero-order valence-corrected chi connectivity index (χ0v) is 17.9. The topological polar surface area (TPSA) is 61.2 Å². The predicted molar refractivity (Wildman–Crippen MR) is 105 cm³/mol. The molecule has 1 aromatic heterocycles. The molecule has 0 aliphatic heterocycles. The van der Waals surface area contributed by atoms with Crippen molar-refractivity contribution in [3.8, 4) is 0 Å². The number of aryl methyl sites for hydroxylation is 1. The van der Waals surface area contributed by atoms with Gasteiger partial charge < -0.3 is 4.57 Å². The zero-order chi connectivity index (χ0) is 21.3. The SMILES string of the molecule is CCCCCCCCCCCCCCOS(=O)(=O)C(F)(F)F.Cn1ccnc1. The molecular formula is C19H35F3N2O3S. The largest absolute Gasteiger partial charge is 0.523 e. The van der Waals surface area contributed by atoms with Crippen molar-refractivity contribution < 1.29 is 25.8 Å². The molecule has 0 spiro atoms. The molecule has 0 saturated carbocycles. The second-order valence-corrected chi connectivity index (χ2v) is 8.45. The summed E-state index contributed by atoms with van der Waals surface area (Å²) in [5.74, 6) is 0. The highest BCUT2D eigenvalue weighted by Gasteiger charge is 2.47. The maximum Gasteiger partial charge on any atom is 0.523 e. The fraction of sp³-hybridized carbons (Fsp3) is 0.842. The first kappa shape index (κ1) is 26.9. The van der Waals surface area contributed by atoms with E-state index in [-0.39, 0.29) is 6.61 Å². The van der Waals surface area contributed by atoms with Gasteiger partial charge in [-0.3, -0.25) is 4.18 Å². The molecule has 0 unspecified atom stereocenters. The smallest absolute Gasteiger partial charge is 0.341 e. The molecule has 1 heterocycles. The Labute approximate surface area is 167 Å². The highest BCUT2D eigenvalue weighted by atomic mass is 32.2. The molecule has 28 heavy (non-hydrogen) atoms. The van der Waals surface area contributed by atoms with E-state index in [9.17, 15) is 21.6 Å². The fourth-order valence-electron chi connectivity index (χ4n) is 2.50. The molecule has 0 radical (unpaired) electrons. The molecule has 9 heteroatoms. The standard InChI is InChI=1S/C15H29F3O3S.C4H6N2/c1-2-3-4-5-6-7-8-9-10-11-12-13-14-21-22(19,20)15(16,17)18;1-6-3-2-5-4-6/h2-14H2,1H3;2-4H,1H3. The number of aromatic nitrogens is 2. The van der Waals surface area contributed by atoms with Crippen molar-refractivity contribution in [1.82, 2.24) is 9.55 Å². The number of hydrogen-bond donors (Lipinski definition) is 0. The van der Waals surface area contributed by atoms with Gasteiger partial charge in [-0.2, -0.15) is 21.6 Å². The Balaban J connectivity index is 0.00000102. The first-order valence-corrected chi connectivity index (χ1v) is 11.5. The van der Waals surface area contributed by atoms with Gasteiger partial charge in [0.2, 0.25) is 0 Å². The number of unbranched alkanes of at least 4 members (excludes halogenated alkanes) is 11.